The number of quaternary nitrogens is 1. The molecule has 5 heteroatoms. The number of nitrogens with zero attached hydrogens (tertiary/aromatic N) is 1. The van der Waals surface area contributed by atoms with Crippen LogP contribution in [0.1, 0.15) is 12.5 Å². The fraction of sp³-hybridized carbons (Fsp3) is 0.381. The molecule has 0 bridgehead atoms. The van der Waals surface area contributed by atoms with Gasteiger partial charge in [0.05, 0.1) is 31.9 Å². The molecule has 1 fully saturated rings. The number of carbonyl (C=O) groups is 1. The molecule has 0 spiro atoms. The molecule has 3 N–H and O–H groups in total. The number of amides is 1. The van der Waals surface area contributed by atoms with E-state index in [1.807, 2.05) is 43.3 Å². The quantitative estimate of drug-likeness (QED) is 0.721. The molecule has 0 aliphatic carbocycles. The van der Waals surface area contributed by atoms with E-state index in [1.165, 1.54) is 10.5 Å². The van der Waals surface area contributed by atoms with Gasteiger partial charge in [0, 0.05) is 6.54 Å². The highest BCUT2D eigenvalue weighted by molar-refractivity contribution is 5.79. The molecule has 2 aromatic carbocycles. The van der Waals surface area contributed by atoms with Crippen molar-refractivity contribution in [3.8, 4) is 5.75 Å². The average molecular weight is 354 g/mol. The normalized spacial score (nSPS) is 16.3. The van der Waals surface area contributed by atoms with E-state index in [2.05, 4.69) is 22.3 Å². The number of para-hydroxylation sites is 2. The third kappa shape index (κ3) is 4.55. The molecule has 0 aromatic heterocycles. The van der Waals surface area contributed by atoms with Gasteiger partial charge in [-0.15, -0.1) is 0 Å². The summed E-state index contributed by atoms with van der Waals surface area (Å²) in [6.45, 7) is 6.14. The maximum absolute atomic E-state index is 12.5. The molecular weight excluding hydrogens is 326 g/mol. The minimum Gasteiger partial charge on any atom is -0.506 e. The smallest absolute Gasteiger partial charge is 0.278 e. The first kappa shape index (κ1) is 18.3. The number of benzene rings is 2. The second kappa shape index (κ2) is 8.72. The molecule has 138 valence electrons. The SMILES string of the molecule is C[C@H](C(=O)NCCc1ccccc1)[NH+]1CCN(c2ccccc2O)CC1. The Morgan fingerprint density at radius 1 is 1.12 bits per heavy atom. The van der Waals surface area contributed by atoms with Gasteiger partial charge in [-0.25, -0.2) is 0 Å². The van der Waals surface area contributed by atoms with E-state index in [-0.39, 0.29) is 11.9 Å². The summed E-state index contributed by atoms with van der Waals surface area (Å²) in [5, 5.41) is 13.1. The van der Waals surface area contributed by atoms with Gasteiger partial charge in [-0.05, 0) is 31.0 Å². The maximum Gasteiger partial charge on any atom is 0.278 e. The molecule has 0 radical (unpaired) electrons. The lowest BCUT2D eigenvalue weighted by Gasteiger charge is -2.36. The summed E-state index contributed by atoms with van der Waals surface area (Å²) >= 11 is 0. The number of hydrogen-bond acceptors (Lipinski definition) is 3. The van der Waals surface area contributed by atoms with Crippen LogP contribution in [0.25, 0.3) is 0 Å². The van der Waals surface area contributed by atoms with Crippen molar-refractivity contribution in [1.82, 2.24) is 5.32 Å². The number of aromatic hydroxyl groups is 1. The first-order chi connectivity index (χ1) is 12.6. The number of carbonyl (C=O) groups excluding carboxylic acids is 1. The third-order valence-corrected chi connectivity index (χ3v) is 5.19. The Morgan fingerprint density at radius 2 is 1.77 bits per heavy atom. The van der Waals surface area contributed by atoms with E-state index in [9.17, 15) is 9.90 Å². The van der Waals surface area contributed by atoms with E-state index >= 15 is 0 Å². The predicted octanol–water partition coefficient (Wildman–Crippen LogP) is 0.845. The van der Waals surface area contributed by atoms with Crippen molar-refractivity contribution in [3.63, 3.8) is 0 Å². The van der Waals surface area contributed by atoms with E-state index in [0.717, 1.165) is 38.3 Å². The number of hydrogen-bond donors (Lipinski definition) is 3. The van der Waals surface area contributed by atoms with Crippen LogP contribution in [0.5, 0.6) is 5.75 Å². The van der Waals surface area contributed by atoms with E-state index in [0.29, 0.717) is 12.3 Å². The lowest BCUT2D eigenvalue weighted by atomic mass is 10.1. The van der Waals surface area contributed by atoms with Crippen molar-refractivity contribution in [2.45, 2.75) is 19.4 Å². The highest BCUT2D eigenvalue weighted by atomic mass is 16.3. The second-order valence-electron chi connectivity index (χ2n) is 6.88. The highest BCUT2D eigenvalue weighted by Crippen LogP contribution is 2.25. The van der Waals surface area contributed by atoms with Gasteiger partial charge in [0.2, 0.25) is 0 Å². The number of rotatable bonds is 6. The molecule has 5 nitrogen and oxygen atoms in total. The molecule has 1 aliphatic rings. The average Bonchev–Trinajstić information content (AvgIpc) is 2.69. The molecule has 0 unspecified atom stereocenters. The highest BCUT2D eigenvalue weighted by Gasteiger charge is 2.29. The van der Waals surface area contributed by atoms with Crippen molar-refractivity contribution in [2.75, 3.05) is 37.6 Å². The standard InChI is InChI=1S/C21H27N3O2/c1-17(21(26)22-12-11-18-7-3-2-4-8-18)23-13-15-24(16-14-23)19-9-5-6-10-20(19)25/h2-10,17,25H,11-16H2,1H3,(H,22,26)/p+1/t17-/m1/s1. The van der Waals surface area contributed by atoms with Crippen molar-refractivity contribution in [1.29, 1.82) is 0 Å². The van der Waals surface area contributed by atoms with Gasteiger partial charge in [-0.1, -0.05) is 42.5 Å². The van der Waals surface area contributed by atoms with Crippen LogP contribution in [-0.4, -0.2) is 49.8 Å². The number of phenols is 1. The maximum atomic E-state index is 12.5. The molecular formula is C21H28N3O2+. The predicted molar refractivity (Wildman–Crippen MR) is 104 cm³/mol. The molecule has 1 aliphatic heterocycles. The minimum atomic E-state index is -0.0581. The number of nitrogens with one attached hydrogen (secondary N) is 2. The summed E-state index contributed by atoms with van der Waals surface area (Å²) < 4.78 is 0. The zero-order valence-corrected chi connectivity index (χ0v) is 15.3. The summed E-state index contributed by atoms with van der Waals surface area (Å²) in [5.41, 5.74) is 2.12. The lowest BCUT2D eigenvalue weighted by Crippen LogP contribution is -3.19. The van der Waals surface area contributed by atoms with Crippen LogP contribution in [0.2, 0.25) is 0 Å². The lowest BCUT2D eigenvalue weighted by molar-refractivity contribution is -0.914. The molecule has 1 heterocycles. The van der Waals surface area contributed by atoms with Gasteiger partial charge in [0.25, 0.3) is 5.91 Å². The molecule has 1 amide bonds. The molecule has 26 heavy (non-hydrogen) atoms. The van der Waals surface area contributed by atoms with E-state index < -0.39 is 0 Å². The fourth-order valence-electron chi connectivity index (χ4n) is 3.51. The van der Waals surface area contributed by atoms with Crippen molar-refractivity contribution in [2.24, 2.45) is 0 Å². The molecule has 1 atom stereocenters. The zero-order chi connectivity index (χ0) is 18.4. The Hall–Kier alpha value is -2.53. The summed E-state index contributed by atoms with van der Waals surface area (Å²) in [4.78, 5) is 15.9. The summed E-state index contributed by atoms with van der Waals surface area (Å²) in [6, 6.07) is 17.6. The van der Waals surface area contributed by atoms with E-state index in [1.54, 1.807) is 6.07 Å². The van der Waals surface area contributed by atoms with Crippen LogP contribution in [0.3, 0.4) is 0 Å². The second-order valence-corrected chi connectivity index (χ2v) is 6.88. The summed E-state index contributed by atoms with van der Waals surface area (Å²) in [6.07, 6.45) is 0.857. The van der Waals surface area contributed by atoms with Crippen molar-refractivity contribution < 1.29 is 14.8 Å². The topological polar surface area (TPSA) is 57.0 Å². The van der Waals surface area contributed by atoms with Crippen molar-refractivity contribution in [3.05, 3.63) is 60.2 Å². The van der Waals surface area contributed by atoms with Crippen molar-refractivity contribution >= 4 is 11.6 Å². The Bertz CT molecular complexity index is 712. The van der Waals surface area contributed by atoms with Gasteiger partial charge in [-0.3, -0.25) is 4.79 Å². The van der Waals surface area contributed by atoms with Gasteiger partial charge in [-0.2, -0.15) is 0 Å². The molecule has 0 saturated carbocycles. The largest absolute Gasteiger partial charge is 0.506 e. The number of anilines is 1. The zero-order valence-electron chi connectivity index (χ0n) is 15.3. The van der Waals surface area contributed by atoms with Crippen LogP contribution in [0.4, 0.5) is 5.69 Å². The number of piperazine rings is 1. The van der Waals surface area contributed by atoms with Gasteiger partial charge in [0.1, 0.15) is 5.75 Å². The Kier molecular flexibility index (Phi) is 6.12. The van der Waals surface area contributed by atoms with Gasteiger partial charge >= 0.3 is 0 Å². The molecule has 1 saturated heterocycles. The van der Waals surface area contributed by atoms with Crippen LogP contribution < -0.4 is 15.1 Å². The monoisotopic (exact) mass is 354 g/mol. The molecule has 2 aromatic rings. The Morgan fingerprint density at radius 3 is 2.46 bits per heavy atom. The Labute approximate surface area is 155 Å². The van der Waals surface area contributed by atoms with Crippen LogP contribution in [-0.2, 0) is 11.2 Å². The van der Waals surface area contributed by atoms with Gasteiger partial charge < -0.3 is 20.2 Å². The van der Waals surface area contributed by atoms with Crippen LogP contribution >= 0.6 is 0 Å². The first-order valence-corrected chi connectivity index (χ1v) is 9.34. The Balaban J connectivity index is 1.45. The third-order valence-electron chi connectivity index (χ3n) is 5.19. The number of phenolic OH excluding ortho intramolecular Hbond substituents is 1. The van der Waals surface area contributed by atoms with Gasteiger partial charge in [0.15, 0.2) is 6.04 Å². The first-order valence-electron chi connectivity index (χ1n) is 9.34. The van der Waals surface area contributed by atoms with Crippen LogP contribution in [0, 0.1) is 0 Å². The minimum absolute atomic E-state index is 0.0581. The summed E-state index contributed by atoms with van der Waals surface area (Å²) in [5.74, 6) is 0.439. The summed E-state index contributed by atoms with van der Waals surface area (Å²) in [7, 11) is 0. The van der Waals surface area contributed by atoms with Crippen LogP contribution in [0.15, 0.2) is 54.6 Å². The fourth-order valence-corrected chi connectivity index (χ4v) is 3.51. The van der Waals surface area contributed by atoms with E-state index in [4.69, 9.17) is 0 Å². The molecule has 3 rings (SSSR count).